The zero-order valence-corrected chi connectivity index (χ0v) is 19.5. The minimum Gasteiger partial charge on any atom is -0.354 e. The molecule has 31 heavy (non-hydrogen) atoms. The summed E-state index contributed by atoms with van der Waals surface area (Å²) in [5.41, 5.74) is 1.61. The number of amides is 1. The highest BCUT2D eigenvalue weighted by molar-refractivity contribution is 7.09. The third-order valence-electron chi connectivity index (χ3n) is 6.39. The third-order valence-corrected chi connectivity index (χ3v) is 7.55. The van der Waals surface area contributed by atoms with Crippen molar-refractivity contribution in [1.29, 1.82) is 0 Å². The molecule has 0 bridgehead atoms. The van der Waals surface area contributed by atoms with E-state index in [9.17, 15) is 9.18 Å². The number of halogens is 2. The van der Waals surface area contributed by atoms with Gasteiger partial charge < -0.3 is 5.32 Å². The molecule has 2 fully saturated rings. The van der Waals surface area contributed by atoms with E-state index < -0.39 is 0 Å². The summed E-state index contributed by atoms with van der Waals surface area (Å²) in [6, 6.07) is 4.57. The van der Waals surface area contributed by atoms with E-state index >= 15 is 0 Å². The summed E-state index contributed by atoms with van der Waals surface area (Å²) in [6.45, 7) is 6.85. The van der Waals surface area contributed by atoms with Gasteiger partial charge in [-0.25, -0.2) is 9.37 Å². The minimum atomic E-state index is -0.302. The number of piperidine rings is 1. The molecular weight excluding hydrogens is 435 g/mol. The van der Waals surface area contributed by atoms with E-state index in [1.165, 1.54) is 6.07 Å². The first-order chi connectivity index (χ1) is 15.0. The van der Waals surface area contributed by atoms with Gasteiger partial charge in [-0.2, -0.15) is 0 Å². The molecule has 1 N–H and O–H groups in total. The summed E-state index contributed by atoms with van der Waals surface area (Å²) in [6.07, 6.45) is 3.86. The van der Waals surface area contributed by atoms with E-state index in [1.807, 2.05) is 6.92 Å². The van der Waals surface area contributed by atoms with Crippen LogP contribution in [0.3, 0.4) is 0 Å². The number of carbonyl (C=O) groups excluding carboxylic acids is 1. The number of aryl methyl sites for hydroxylation is 1. The first-order valence-electron chi connectivity index (χ1n) is 11.1. The molecule has 2 aliphatic heterocycles. The van der Waals surface area contributed by atoms with Gasteiger partial charge in [-0.05, 0) is 70.9 Å². The van der Waals surface area contributed by atoms with Crippen LogP contribution in [0.4, 0.5) is 4.39 Å². The van der Waals surface area contributed by atoms with Crippen LogP contribution in [0.5, 0.6) is 0 Å². The fraction of sp³-hybridized carbons (Fsp3) is 0.565. The van der Waals surface area contributed by atoms with Gasteiger partial charge in [-0.1, -0.05) is 17.7 Å². The molecule has 0 saturated carbocycles. The van der Waals surface area contributed by atoms with Crippen LogP contribution in [-0.2, 0) is 11.3 Å². The number of hydrogen-bond acceptors (Lipinski definition) is 5. The number of aromatic nitrogens is 1. The van der Waals surface area contributed by atoms with Crippen molar-refractivity contribution in [3.8, 4) is 0 Å². The molecule has 0 aliphatic carbocycles. The van der Waals surface area contributed by atoms with Gasteiger partial charge in [0.15, 0.2) is 0 Å². The lowest BCUT2D eigenvalue weighted by Crippen LogP contribution is -2.43. The first-order valence-corrected chi connectivity index (χ1v) is 12.4. The quantitative estimate of drug-likeness (QED) is 0.659. The summed E-state index contributed by atoms with van der Waals surface area (Å²) in [5.74, 6) is -0.228. The van der Waals surface area contributed by atoms with E-state index in [1.54, 1.807) is 23.5 Å². The highest BCUT2D eigenvalue weighted by atomic mass is 35.5. The van der Waals surface area contributed by atoms with E-state index in [0.717, 1.165) is 69.1 Å². The SMILES string of the molecule is Cc1nc(CN2CCC(C(=O)NCC(c3c(F)cccc3Cl)N3CCCC3)CC2)cs1. The maximum Gasteiger partial charge on any atom is 0.223 e. The molecule has 0 radical (unpaired) electrons. The Kier molecular flexibility index (Phi) is 7.59. The Morgan fingerprint density at radius 1 is 1.29 bits per heavy atom. The zero-order valence-electron chi connectivity index (χ0n) is 17.9. The molecule has 4 rings (SSSR count). The second kappa shape index (κ2) is 10.4. The highest BCUT2D eigenvalue weighted by Gasteiger charge is 2.30. The predicted molar refractivity (Wildman–Crippen MR) is 123 cm³/mol. The summed E-state index contributed by atoms with van der Waals surface area (Å²) in [4.78, 5) is 22.0. The highest BCUT2D eigenvalue weighted by Crippen LogP contribution is 2.32. The van der Waals surface area contributed by atoms with Crippen LogP contribution in [0, 0.1) is 18.7 Å². The average molecular weight is 465 g/mol. The Hall–Kier alpha value is -1.54. The average Bonchev–Trinajstić information content (AvgIpc) is 3.42. The van der Waals surface area contributed by atoms with Crippen LogP contribution < -0.4 is 5.32 Å². The molecule has 2 aliphatic rings. The summed E-state index contributed by atoms with van der Waals surface area (Å²) in [7, 11) is 0. The lowest BCUT2D eigenvalue weighted by Gasteiger charge is -2.32. The van der Waals surface area contributed by atoms with Gasteiger partial charge >= 0.3 is 0 Å². The smallest absolute Gasteiger partial charge is 0.223 e. The normalized spacial score (nSPS) is 19.6. The van der Waals surface area contributed by atoms with Crippen molar-refractivity contribution >= 4 is 28.8 Å². The summed E-state index contributed by atoms with van der Waals surface area (Å²) < 4.78 is 14.6. The number of rotatable bonds is 7. The van der Waals surface area contributed by atoms with Gasteiger partial charge in [0.2, 0.25) is 5.91 Å². The molecule has 5 nitrogen and oxygen atoms in total. The van der Waals surface area contributed by atoms with E-state index in [4.69, 9.17) is 11.6 Å². The number of likely N-dealkylation sites (tertiary alicyclic amines) is 2. The predicted octanol–water partition coefficient (Wildman–Crippen LogP) is 4.41. The number of carbonyl (C=O) groups is 1. The van der Waals surface area contributed by atoms with Crippen molar-refractivity contribution in [2.45, 2.75) is 45.2 Å². The van der Waals surface area contributed by atoms with Gasteiger partial charge in [-0.15, -0.1) is 11.3 Å². The van der Waals surface area contributed by atoms with Gasteiger partial charge in [0.1, 0.15) is 5.82 Å². The van der Waals surface area contributed by atoms with Crippen molar-refractivity contribution < 1.29 is 9.18 Å². The molecule has 1 amide bonds. The number of benzene rings is 1. The Bertz CT molecular complexity index is 873. The lowest BCUT2D eigenvalue weighted by atomic mass is 9.95. The fourth-order valence-electron chi connectivity index (χ4n) is 4.70. The van der Waals surface area contributed by atoms with Crippen LogP contribution in [0.25, 0.3) is 0 Å². The molecule has 1 unspecified atom stereocenters. The molecule has 1 aromatic heterocycles. The second-order valence-electron chi connectivity index (χ2n) is 8.55. The van der Waals surface area contributed by atoms with Crippen molar-refractivity contribution in [2.24, 2.45) is 5.92 Å². The van der Waals surface area contributed by atoms with Crippen LogP contribution in [-0.4, -0.2) is 53.4 Å². The van der Waals surface area contributed by atoms with Crippen LogP contribution in [0.2, 0.25) is 5.02 Å². The molecule has 0 spiro atoms. The maximum atomic E-state index is 14.6. The number of thiazole rings is 1. The molecule has 3 heterocycles. The Morgan fingerprint density at radius 2 is 2.03 bits per heavy atom. The monoisotopic (exact) mass is 464 g/mol. The van der Waals surface area contributed by atoms with Crippen LogP contribution in [0.1, 0.15) is 48.0 Å². The lowest BCUT2D eigenvalue weighted by molar-refractivity contribution is -0.126. The van der Waals surface area contributed by atoms with Crippen molar-refractivity contribution in [1.82, 2.24) is 20.1 Å². The Balaban J connectivity index is 1.33. The number of nitrogens with one attached hydrogen (secondary N) is 1. The Morgan fingerprint density at radius 3 is 2.68 bits per heavy atom. The molecule has 2 saturated heterocycles. The maximum absolute atomic E-state index is 14.6. The van der Waals surface area contributed by atoms with Gasteiger partial charge in [-0.3, -0.25) is 14.6 Å². The third kappa shape index (κ3) is 5.64. The van der Waals surface area contributed by atoms with Gasteiger partial charge in [0.25, 0.3) is 0 Å². The van der Waals surface area contributed by atoms with Gasteiger partial charge in [0, 0.05) is 35.0 Å². The molecular formula is C23H30ClFN4OS. The van der Waals surface area contributed by atoms with Crippen LogP contribution >= 0.6 is 22.9 Å². The standard InChI is InChI=1S/C23H30ClFN4OS/c1-16-27-18(15-31-16)14-28-11-7-17(8-12-28)23(30)26-13-21(29-9-2-3-10-29)22-19(24)5-4-6-20(22)25/h4-6,15,17,21H,2-3,7-14H2,1H3,(H,26,30). The van der Waals surface area contributed by atoms with Gasteiger partial charge in [0.05, 0.1) is 16.7 Å². The number of hydrogen-bond donors (Lipinski definition) is 1. The molecule has 1 atom stereocenters. The van der Waals surface area contributed by atoms with Crippen molar-refractivity contribution in [3.05, 3.63) is 50.7 Å². The molecule has 1 aromatic carbocycles. The topological polar surface area (TPSA) is 48.5 Å². The van der Waals surface area contributed by atoms with E-state index in [-0.39, 0.29) is 23.7 Å². The zero-order chi connectivity index (χ0) is 21.8. The van der Waals surface area contributed by atoms with E-state index in [0.29, 0.717) is 17.1 Å². The van der Waals surface area contributed by atoms with E-state index in [2.05, 4.69) is 25.5 Å². The first kappa shape index (κ1) is 22.6. The summed E-state index contributed by atoms with van der Waals surface area (Å²) >= 11 is 8.04. The largest absolute Gasteiger partial charge is 0.354 e. The molecule has 8 heteroatoms. The summed E-state index contributed by atoms with van der Waals surface area (Å²) in [5, 5.41) is 6.74. The van der Waals surface area contributed by atoms with Crippen molar-refractivity contribution in [2.75, 3.05) is 32.7 Å². The van der Waals surface area contributed by atoms with Crippen molar-refractivity contribution in [3.63, 3.8) is 0 Å². The Labute approximate surface area is 192 Å². The van der Waals surface area contributed by atoms with Crippen LogP contribution in [0.15, 0.2) is 23.6 Å². The second-order valence-corrected chi connectivity index (χ2v) is 10.0. The minimum absolute atomic E-state index is 0.00346. The molecule has 168 valence electrons. The number of nitrogens with zero attached hydrogens (tertiary/aromatic N) is 3. The fourth-order valence-corrected chi connectivity index (χ4v) is 5.59. The molecule has 2 aromatic rings.